The average Bonchev–Trinajstić information content (AvgIpc) is 3.15. The van der Waals surface area contributed by atoms with E-state index in [1.54, 1.807) is 5.57 Å². The molecule has 2 aliphatic rings. The number of carboxylic acids is 1. The highest BCUT2D eigenvalue weighted by atomic mass is 32.1. The fraction of sp³-hybridized carbons (Fsp3) is 0.458. The van der Waals surface area contributed by atoms with Gasteiger partial charge in [0.25, 0.3) is 0 Å². The van der Waals surface area contributed by atoms with Crippen molar-refractivity contribution in [1.29, 1.82) is 0 Å². The van der Waals surface area contributed by atoms with Gasteiger partial charge in [-0.3, -0.25) is 0 Å². The first-order valence-electron chi connectivity index (χ1n) is 10.3. The monoisotopic (exact) mass is 380 g/mol. The fourth-order valence-electron chi connectivity index (χ4n) is 4.81. The van der Waals surface area contributed by atoms with Gasteiger partial charge in [-0.25, -0.2) is 4.79 Å². The van der Waals surface area contributed by atoms with E-state index in [4.69, 9.17) is 0 Å². The van der Waals surface area contributed by atoms with Gasteiger partial charge in [0.2, 0.25) is 0 Å². The summed E-state index contributed by atoms with van der Waals surface area (Å²) in [4.78, 5) is 13.6. The molecule has 0 atom stereocenters. The second-order valence-electron chi connectivity index (χ2n) is 8.19. The van der Waals surface area contributed by atoms with Gasteiger partial charge in [-0.1, -0.05) is 55.7 Å². The molecule has 1 aromatic carbocycles. The molecule has 1 N–H and O–H groups in total. The van der Waals surface area contributed by atoms with E-state index < -0.39 is 5.97 Å². The van der Waals surface area contributed by atoms with Crippen LogP contribution >= 0.6 is 11.3 Å². The van der Waals surface area contributed by atoms with Crippen molar-refractivity contribution in [1.82, 2.24) is 0 Å². The Kier molecular flexibility index (Phi) is 5.49. The average molecular weight is 381 g/mol. The van der Waals surface area contributed by atoms with Crippen LogP contribution < -0.4 is 0 Å². The summed E-state index contributed by atoms with van der Waals surface area (Å²) in [5, 5.41) is 9.88. The molecular formula is C24H28O2S. The quantitative estimate of drug-likeness (QED) is 0.605. The molecule has 0 radical (unpaired) electrons. The van der Waals surface area contributed by atoms with E-state index >= 15 is 0 Å². The van der Waals surface area contributed by atoms with Crippen LogP contribution in [0.1, 0.15) is 73.5 Å². The van der Waals surface area contributed by atoms with Crippen LogP contribution in [-0.2, 0) is 0 Å². The third kappa shape index (κ3) is 3.89. The molecule has 3 heteroatoms. The van der Waals surface area contributed by atoms with Crippen molar-refractivity contribution in [2.24, 2.45) is 11.8 Å². The lowest BCUT2D eigenvalue weighted by atomic mass is 9.73. The van der Waals surface area contributed by atoms with E-state index in [2.05, 4.69) is 25.1 Å². The summed E-state index contributed by atoms with van der Waals surface area (Å²) in [5.74, 6) is 0.722. The number of carboxylic acid groups (broad SMARTS) is 1. The molecule has 0 unspecified atom stereocenters. The van der Waals surface area contributed by atoms with Gasteiger partial charge in [0.05, 0.1) is 0 Å². The molecule has 0 spiro atoms. The lowest BCUT2D eigenvalue weighted by Gasteiger charge is -2.32. The Morgan fingerprint density at radius 1 is 1.04 bits per heavy atom. The van der Waals surface area contributed by atoms with Crippen molar-refractivity contribution < 1.29 is 9.90 Å². The first-order valence-corrected chi connectivity index (χ1v) is 11.1. The molecule has 1 saturated carbocycles. The molecule has 27 heavy (non-hydrogen) atoms. The smallest absolute Gasteiger partial charge is 0.346 e. The van der Waals surface area contributed by atoms with Crippen molar-refractivity contribution in [2.45, 2.75) is 58.3 Å². The molecule has 0 aliphatic heterocycles. The Morgan fingerprint density at radius 2 is 1.74 bits per heavy atom. The zero-order valence-corrected chi connectivity index (χ0v) is 16.9. The normalized spacial score (nSPS) is 23.4. The molecule has 2 aromatic rings. The van der Waals surface area contributed by atoms with E-state index in [9.17, 15) is 9.90 Å². The molecule has 2 nitrogen and oxygen atoms in total. The number of hydrogen-bond acceptors (Lipinski definition) is 2. The van der Waals surface area contributed by atoms with Gasteiger partial charge in [-0.15, -0.1) is 11.3 Å². The van der Waals surface area contributed by atoms with Crippen molar-refractivity contribution >= 4 is 22.9 Å². The molecule has 1 heterocycles. The standard InChI is InChI=1S/C24H28O2S/c1-16-11-13-17(14-12-16)19-9-5-6-10-20(19)21-15-22(27-23(21)24(25)26)18-7-3-2-4-8-18/h2-4,7-8,15-17H,5-6,9-14H2,1H3,(H,25,26). The minimum Gasteiger partial charge on any atom is -0.477 e. The molecule has 2 aliphatic carbocycles. The minimum atomic E-state index is -0.785. The molecule has 0 amide bonds. The highest BCUT2D eigenvalue weighted by Crippen LogP contribution is 2.45. The van der Waals surface area contributed by atoms with Crippen molar-refractivity contribution in [3.8, 4) is 10.4 Å². The number of rotatable bonds is 4. The number of hydrogen-bond donors (Lipinski definition) is 1. The number of carbonyl (C=O) groups is 1. The second-order valence-corrected chi connectivity index (χ2v) is 9.24. The van der Waals surface area contributed by atoms with Crippen molar-refractivity contribution in [3.63, 3.8) is 0 Å². The van der Waals surface area contributed by atoms with Gasteiger partial charge < -0.3 is 5.11 Å². The second kappa shape index (κ2) is 8.02. The van der Waals surface area contributed by atoms with Crippen LogP contribution in [0, 0.1) is 11.8 Å². The lowest BCUT2D eigenvalue weighted by Crippen LogP contribution is -2.17. The summed E-state index contributed by atoms with van der Waals surface area (Å²) in [6.07, 6.45) is 9.80. The van der Waals surface area contributed by atoms with Gasteiger partial charge in [-0.2, -0.15) is 0 Å². The summed E-state index contributed by atoms with van der Waals surface area (Å²) in [5.41, 5.74) is 5.05. The summed E-state index contributed by atoms with van der Waals surface area (Å²) in [7, 11) is 0. The van der Waals surface area contributed by atoms with E-state index in [-0.39, 0.29) is 0 Å². The number of benzene rings is 1. The molecule has 0 bridgehead atoms. The highest BCUT2D eigenvalue weighted by molar-refractivity contribution is 7.17. The van der Waals surface area contributed by atoms with Crippen LogP contribution in [0.15, 0.2) is 42.0 Å². The summed E-state index contributed by atoms with van der Waals surface area (Å²) < 4.78 is 0. The maximum atomic E-state index is 12.0. The van der Waals surface area contributed by atoms with Crippen LogP contribution in [-0.4, -0.2) is 11.1 Å². The van der Waals surface area contributed by atoms with Crippen LogP contribution in [0.4, 0.5) is 0 Å². The zero-order valence-electron chi connectivity index (χ0n) is 16.0. The summed E-state index contributed by atoms with van der Waals surface area (Å²) >= 11 is 1.43. The Balaban J connectivity index is 1.77. The van der Waals surface area contributed by atoms with Crippen LogP contribution in [0.3, 0.4) is 0 Å². The van der Waals surface area contributed by atoms with E-state index in [1.165, 1.54) is 55.4 Å². The van der Waals surface area contributed by atoms with E-state index in [0.717, 1.165) is 34.8 Å². The van der Waals surface area contributed by atoms with Gasteiger partial charge in [-0.05, 0) is 67.6 Å². The fourth-order valence-corrected chi connectivity index (χ4v) is 5.84. The Bertz CT molecular complexity index is 839. The van der Waals surface area contributed by atoms with Gasteiger partial charge in [0.15, 0.2) is 0 Å². The lowest BCUT2D eigenvalue weighted by molar-refractivity contribution is 0.0702. The third-order valence-electron chi connectivity index (χ3n) is 6.33. The SMILES string of the molecule is CC1CCC(C2=C(c3cc(-c4ccccc4)sc3C(=O)O)CCCC2)CC1. The van der Waals surface area contributed by atoms with Crippen molar-refractivity contribution in [3.05, 3.63) is 52.4 Å². The maximum Gasteiger partial charge on any atom is 0.346 e. The van der Waals surface area contributed by atoms with Gasteiger partial charge >= 0.3 is 5.97 Å². The number of allylic oxidation sites excluding steroid dienone is 2. The molecule has 0 saturated heterocycles. The maximum absolute atomic E-state index is 12.0. The van der Waals surface area contributed by atoms with Crippen LogP contribution in [0.2, 0.25) is 0 Å². The minimum absolute atomic E-state index is 0.521. The molecular weight excluding hydrogens is 352 g/mol. The van der Waals surface area contributed by atoms with Crippen LogP contribution in [0.25, 0.3) is 16.0 Å². The first kappa shape index (κ1) is 18.5. The molecule has 1 aromatic heterocycles. The van der Waals surface area contributed by atoms with Crippen molar-refractivity contribution in [2.75, 3.05) is 0 Å². The van der Waals surface area contributed by atoms with E-state index in [0.29, 0.717) is 10.8 Å². The largest absolute Gasteiger partial charge is 0.477 e. The molecule has 4 rings (SSSR count). The number of thiophene rings is 1. The summed E-state index contributed by atoms with van der Waals surface area (Å²) in [6, 6.07) is 12.3. The molecule has 1 fully saturated rings. The predicted octanol–water partition coefficient (Wildman–Crippen LogP) is 7.27. The molecule has 142 valence electrons. The topological polar surface area (TPSA) is 37.3 Å². The Morgan fingerprint density at radius 3 is 2.44 bits per heavy atom. The highest BCUT2D eigenvalue weighted by Gasteiger charge is 2.28. The van der Waals surface area contributed by atoms with Gasteiger partial charge in [0.1, 0.15) is 4.88 Å². The zero-order chi connectivity index (χ0) is 18.8. The Hall–Kier alpha value is -1.87. The van der Waals surface area contributed by atoms with Gasteiger partial charge in [0, 0.05) is 10.4 Å². The third-order valence-corrected chi connectivity index (χ3v) is 7.50. The predicted molar refractivity (Wildman–Crippen MR) is 113 cm³/mol. The summed E-state index contributed by atoms with van der Waals surface area (Å²) in [6.45, 7) is 2.36. The number of aromatic carboxylic acids is 1. The van der Waals surface area contributed by atoms with E-state index in [1.807, 2.05) is 18.2 Å². The Labute approximate surface area is 165 Å². The first-order chi connectivity index (χ1) is 13.1. The van der Waals surface area contributed by atoms with Crippen LogP contribution in [0.5, 0.6) is 0 Å².